The van der Waals surface area contributed by atoms with Crippen molar-refractivity contribution in [1.82, 2.24) is 15.8 Å². The van der Waals surface area contributed by atoms with Gasteiger partial charge in [0, 0.05) is 45.8 Å². The van der Waals surface area contributed by atoms with Crippen LogP contribution in [0.4, 0.5) is 5.69 Å². The second kappa shape index (κ2) is 9.73. The molecule has 178 valence electrons. The number of nitrogens with one attached hydrogen (secondary N) is 2. The van der Waals surface area contributed by atoms with Crippen molar-refractivity contribution in [3.63, 3.8) is 0 Å². The number of carbonyl (C=O) groups excluding carboxylic acids is 1. The molecule has 3 unspecified atom stereocenters. The number of thioether (sulfide) groups is 1. The molecule has 1 fully saturated rings. The van der Waals surface area contributed by atoms with Crippen LogP contribution in [0.15, 0.2) is 83.8 Å². The van der Waals surface area contributed by atoms with Crippen LogP contribution in [0.3, 0.4) is 0 Å². The summed E-state index contributed by atoms with van der Waals surface area (Å²) in [6.45, 7) is 0. The maximum absolute atomic E-state index is 13.2. The lowest BCUT2D eigenvalue weighted by molar-refractivity contribution is -0.384. The summed E-state index contributed by atoms with van der Waals surface area (Å²) in [5.74, 6) is -0.223. The first-order valence-corrected chi connectivity index (χ1v) is 12.7. The number of amides is 1. The van der Waals surface area contributed by atoms with E-state index >= 15 is 0 Å². The number of nitro benzene ring substituents is 1. The zero-order valence-electron chi connectivity index (χ0n) is 18.9. The van der Waals surface area contributed by atoms with E-state index in [4.69, 9.17) is 11.6 Å². The zero-order valence-corrected chi connectivity index (χ0v) is 20.4. The highest BCUT2D eigenvalue weighted by Gasteiger charge is 2.46. The average molecular weight is 507 g/mol. The molecule has 3 aromatic rings. The summed E-state index contributed by atoms with van der Waals surface area (Å²) in [4.78, 5) is 25.0. The number of rotatable bonds is 6. The Kier molecular flexibility index (Phi) is 6.51. The van der Waals surface area contributed by atoms with E-state index < -0.39 is 4.92 Å². The predicted octanol–water partition coefficient (Wildman–Crippen LogP) is 4.98. The summed E-state index contributed by atoms with van der Waals surface area (Å²) < 4.78 is 0. The monoisotopic (exact) mass is 506 g/mol. The fourth-order valence-electron chi connectivity index (χ4n) is 4.69. The van der Waals surface area contributed by atoms with Gasteiger partial charge in [0.05, 0.1) is 4.92 Å². The molecule has 7 nitrogen and oxygen atoms in total. The summed E-state index contributed by atoms with van der Waals surface area (Å²) >= 11 is 7.86. The van der Waals surface area contributed by atoms with E-state index in [1.165, 1.54) is 28.7 Å². The van der Waals surface area contributed by atoms with Crippen molar-refractivity contribution in [2.24, 2.45) is 0 Å². The van der Waals surface area contributed by atoms with Crippen LogP contribution in [-0.4, -0.2) is 34.3 Å². The molecule has 2 aliphatic heterocycles. The zero-order chi connectivity index (χ0) is 24.5. The molecule has 5 rings (SSSR count). The Morgan fingerprint density at radius 3 is 2.34 bits per heavy atom. The maximum Gasteiger partial charge on any atom is 0.269 e. The van der Waals surface area contributed by atoms with Crippen LogP contribution in [0, 0.1) is 10.1 Å². The van der Waals surface area contributed by atoms with Crippen molar-refractivity contribution in [1.29, 1.82) is 0 Å². The number of hydrogen-bond acceptors (Lipinski definition) is 6. The third-order valence-electron chi connectivity index (χ3n) is 6.42. The normalized spacial score (nSPS) is 21.3. The minimum Gasteiger partial charge on any atom is -0.363 e. The van der Waals surface area contributed by atoms with Gasteiger partial charge in [-0.15, -0.1) is 11.8 Å². The van der Waals surface area contributed by atoms with Crippen molar-refractivity contribution in [3.05, 3.63) is 111 Å². The van der Waals surface area contributed by atoms with E-state index in [1.54, 1.807) is 28.9 Å². The Hall–Kier alpha value is -3.33. The van der Waals surface area contributed by atoms with Gasteiger partial charge in [-0.2, -0.15) is 0 Å². The molecule has 0 spiro atoms. The van der Waals surface area contributed by atoms with Gasteiger partial charge in [-0.05, 0) is 65.8 Å². The molecule has 1 amide bonds. The first kappa shape index (κ1) is 23.4. The minimum absolute atomic E-state index is 0.00671. The molecule has 2 heterocycles. The molecule has 1 saturated heterocycles. The number of nitrogens with zero attached hydrogens (tertiary/aromatic N) is 2. The molecule has 35 heavy (non-hydrogen) atoms. The summed E-state index contributed by atoms with van der Waals surface area (Å²) in [6.07, 6.45) is 3.97. The smallest absolute Gasteiger partial charge is 0.269 e. The number of hydrazine groups is 1. The molecule has 3 aromatic carbocycles. The summed E-state index contributed by atoms with van der Waals surface area (Å²) in [5.41, 5.74) is 7.02. The Bertz CT molecular complexity index is 1280. The number of benzene rings is 3. The molecule has 3 atom stereocenters. The minimum atomic E-state index is -0.437. The van der Waals surface area contributed by atoms with Gasteiger partial charge < -0.3 is 5.32 Å². The first-order valence-electron chi connectivity index (χ1n) is 11.1. The molecule has 0 bridgehead atoms. The van der Waals surface area contributed by atoms with Crippen molar-refractivity contribution < 1.29 is 9.72 Å². The number of halogens is 1. The predicted molar refractivity (Wildman–Crippen MR) is 138 cm³/mol. The second-order valence-electron chi connectivity index (χ2n) is 8.52. The molecular formula is C26H23ClN4O3S. The van der Waals surface area contributed by atoms with Gasteiger partial charge in [-0.25, -0.2) is 5.43 Å². The van der Waals surface area contributed by atoms with E-state index in [0.717, 1.165) is 17.5 Å². The number of nitro groups is 1. The third kappa shape index (κ3) is 4.77. The highest BCUT2D eigenvalue weighted by Crippen LogP contribution is 2.37. The highest BCUT2D eigenvalue weighted by molar-refractivity contribution is 7.98. The fourth-order valence-corrected chi connectivity index (χ4v) is 5.22. The van der Waals surface area contributed by atoms with Crippen LogP contribution in [0.5, 0.6) is 0 Å². The Morgan fingerprint density at radius 2 is 1.71 bits per heavy atom. The van der Waals surface area contributed by atoms with Crippen LogP contribution < -0.4 is 10.7 Å². The number of non-ortho nitro benzene ring substituents is 1. The lowest BCUT2D eigenvalue weighted by Crippen LogP contribution is -2.52. The van der Waals surface area contributed by atoms with Crippen molar-refractivity contribution in [2.75, 3.05) is 6.26 Å². The topological polar surface area (TPSA) is 87.5 Å². The SMILES string of the molecule is CSc1ccc(CC2NN3C(=O)C=C(c4ccc([N+](=O)[O-])cc4)NC3C2c2ccc(Cl)cc2)cc1. The van der Waals surface area contributed by atoms with Gasteiger partial charge in [0.2, 0.25) is 0 Å². The van der Waals surface area contributed by atoms with Crippen LogP contribution in [0.2, 0.25) is 5.02 Å². The van der Waals surface area contributed by atoms with E-state index in [-0.39, 0.29) is 29.7 Å². The van der Waals surface area contributed by atoms with Crippen LogP contribution in [0.25, 0.3) is 5.70 Å². The molecular weight excluding hydrogens is 484 g/mol. The van der Waals surface area contributed by atoms with E-state index in [9.17, 15) is 14.9 Å². The van der Waals surface area contributed by atoms with Crippen molar-refractivity contribution in [3.8, 4) is 0 Å². The first-order chi connectivity index (χ1) is 16.9. The van der Waals surface area contributed by atoms with Gasteiger partial charge >= 0.3 is 0 Å². The third-order valence-corrected chi connectivity index (χ3v) is 7.42. The van der Waals surface area contributed by atoms with Crippen molar-refractivity contribution >= 4 is 40.7 Å². The van der Waals surface area contributed by atoms with E-state index in [0.29, 0.717) is 10.7 Å². The van der Waals surface area contributed by atoms with Gasteiger partial charge in [0.15, 0.2) is 0 Å². The van der Waals surface area contributed by atoms with Crippen LogP contribution in [-0.2, 0) is 11.2 Å². The lowest BCUT2D eigenvalue weighted by Gasteiger charge is -2.33. The lowest BCUT2D eigenvalue weighted by atomic mass is 9.86. The summed E-state index contributed by atoms with van der Waals surface area (Å²) in [5, 5.41) is 16.8. The molecule has 0 radical (unpaired) electrons. The molecule has 0 aliphatic carbocycles. The second-order valence-corrected chi connectivity index (χ2v) is 9.84. The molecule has 2 N–H and O–H groups in total. The van der Waals surface area contributed by atoms with Gasteiger partial charge in [-0.1, -0.05) is 35.9 Å². The van der Waals surface area contributed by atoms with Gasteiger partial charge in [0.1, 0.15) is 6.17 Å². The van der Waals surface area contributed by atoms with Gasteiger partial charge in [0.25, 0.3) is 11.6 Å². The molecule has 9 heteroatoms. The van der Waals surface area contributed by atoms with Gasteiger partial charge in [-0.3, -0.25) is 19.9 Å². The van der Waals surface area contributed by atoms with E-state index in [1.807, 2.05) is 24.3 Å². The Morgan fingerprint density at radius 1 is 1.03 bits per heavy atom. The Labute approximate surface area is 212 Å². The maximum atomic E-state index is 13.2. The summed E-state index contributed by atoms with van der Waals surface area (Å²) in [7, 11) is 0. The standard InChI is InChI=1S/C26H23ClN4O3S/c1-35-21-12-2-16(3-13-21)14-23-25(18-4-8-19(27)9-5-18)26-28-22(15-24(32)30(26)29-23)17-6-10-20(11-7-17)31(33)34/h2-13,15,23,25-26,28-29H,14H2,1H3. The average Bonchev–Trinajstić information content (AvgIpc) is 3.23. The Balaban J connectivity index is 1.46. The largest absolute Gasteiger partial charge is 0.363 e. The molecule has 0 saturated carbocycles. The number of carbonyl (C=O) groups is 1. The molecule has 0 aromatic heterocycles. The van der Waals surface area contributed by atoms with E-state index in [2.05, 4.69) is 41.3 Å². The fraction of sp³-hybridized carbons (Fsp3) is 0.192. The number of hydrogen-bond donors (Lipinski definition) is 2. The highest BCUT2D eigenvalue weighted by atomic mass is 35.5. The quantitative estimate of drug-likeness (QED) is 0.278. The summed E-state index contributed by atoms with van der Waals surface area (Å²) in [6, 6.07) is 22.3. The number of fused-ring (bicyclic) bond motifs is 1. The van der Waals surface area contributed by atoms with Crippen LogP contribution >= 0.6 is 23.4 Å². The van der Waals surface area contributed by atoms with Crippen molar-refractivity contribution in [2.45, 2.75) is 29.4 Å². The molecule has 2 aliphatic rings. The van der Waals surface area contributed by atoms with Crippen LogP contribution in [0.1, 0.15) is 22.6 Å².